The van der Waals surface area contributed by atoms with E-state index in [2.05, 4.69) is 21.2 Å². The number of hydrogen-bond acceptors (Lipinski definition) is 4. The van der Waals surface area contributed by atoms with Crippen molar-refractivity contribution >= 4 is 27.8 Å². The molecule has 0 bridgehead atoms. The molecule has 0 heterocycles. The highest BCUT2D eigenvalue weighted by Gasteiger charge is 2.24. The van der Waals surface area contributed by atoms with Crippen molar-refractivity contribution in [3.8, 4) is 5.75 Å². The average Bonchev–Trinajstić information content (AvgIpc) is 2.53. The van der Waals surface area contributed by atoms with Gasteiger partial charge < -0.3 is 14.8 Å². The highest BCUT2D eigenvalue weighted by Crippen LogP contribution is 2.17. The molecule has 126 valence electrons. The van der Waals surface area contributed by atoms with Crippen molar-refractivity contribution in [1.29, 1.82) is 0 Å². The van der Waals surface area contributed by atoms with E-state index in [4.69, 9.17) is 9.47 Å². The van der Waals surface area contributed by atoms with Crippen LogP contribution in [0.1, 0.15) is 27.2 Å². The Bertz CT molecular complexity index is 542. The Morgan fingerprint density at radius 1 is 1.30 bits per heavy atom. The van der Waals surface area contributed by atoms with Crippen molar-refractivity contribution in [3.63, 3.8) is 0 Å². The van der Waals surface area contributed by atoms with Gasteiger partial charge in [-0.15, -0.1) is 0 Å². The summed E-state index contributed by atoms with van der Waals surface area (Å²) in [6.45, 7) is 5.48. The van der Waals surface area contributed by atoms with Gasteiger partial charge in [-0.25, -0.2) is 4.79 Å². The second kappa shape index (κ2) is 10.0. The van der Waals surface area contributed by atoms with Crippen molar-refractivity contribution in [2.75, 3.05) is 6.61 Å². The zero-order chi connectivity index (χ0) is 17.2. The lowest BCUT2D eigenvalue weighted by atomic mass is 10.2. The smallest absolute Gasteiger partial charge is 0.328 e. The van der Waals surface area contributed by atoms with Crippen LogP contribution in [0.15, 0.2) is 40.9 Å². The number of nitrogens with one attached hydrogen (secondary N) is 1. The minimum Gasteiger partial charge on any atom is -0.481 e. The lowest BCUT2D eigenvalue weighted by molar-refractivity contribution is -0.148. The fourth-order valence-corrected chi connectivity index (χ4v) is 2.05. The predicted molar refractivity (Wildman–Crippen MR) is 92.2 cm³/mol. The number of hydrogen-bond donors (Lipinski definition) is 1. The van der Waals surface area contributed by atoms with Crippen LogP contribution in [0.4, 0.5) is 0 Å². The van der Waals surface area contributed by atoms with Gasteiger partial charge in [-0.3, -0.25) is 4.79 Å². The second-order valence-electron chi connectivity index (χ2n) is 4.83. The van der Waals surface area contributed by atoms with Gasteiger partial charge in [-0.05, 0) is 51.5 Å². The van der Waals surface area contributed by atoms with Crippen LogP contribution in [0, 0.1) is 0 Å². The number of esters is 1. The molecular formula is C17H22BrNO4. The molecular weight excluding hydrogens is 362 g/mol. The van der Waals surface area contributed by atoms with Gasteiger partial charge in [0.15, 0.2) is 6.10 Å². The maximum atomic E-state index is 12.2. The first-order valence-corrected chi connectivity index (χ1v) is 8.27. The number of benzene rings is 1. The van der Waals surface area contributed by atoms with Gasteiger partial charge >= 0.3 is 5.97 Å². The number of halogens is 1. The first-order valence-electron chi connectivity index (χ1n) is 7.48. The van der Waals surface area contributed by atoms with Gasteiger partial charge in [0.25, 0.3) is 5.91 Å². The molecule has 1 aromatic carbocycles. The molecule has 1 N–H and O–H groups in total. The Labute approximate surface area is 145 Å². The summed E-state index contributed by atoms with van der Waals surface area (Å²) < 4.78 is 11.5. The minimum atomic E-state index is -0.723. The van der Waals surface area contributed by atoms with Crippen LogP contribution in [0.5, 0.6) is 5.75 Å². The van der Waals surface area contributed by atoms with Gasteiger partial charge in [-0.1, -0.05) is 28.1 Å². The number of allylic oxidation sites excluding steroid dienone is 1. The molecule has 23 heavy (non-hydrogen) atoms. The molecule has 2 atom stereocenters. The summed E-state index contributed by atoms with van der Waals surface area (Å²) in [6, 6.07) is 6.46. The van der Waals surface area contributed by atoms with E-state index in [1.807, 2.05) is 31.2 Å². The molecule has 0 spiro atoms. The van der Waals surface area contributed by atoms with Crippen LogP contribution in [0.3, 0.4) is 0 Å². The lowest BCUT2D eigenvalue weighted by Gasteiger charge is -2.19. The van der Waals surface area contributed by atoms with Crippen LogP contribution < -0.4 is 10.1 Å². The van der Waals surface area contributed by atoms with E-state index in [-0.39, 0.29) is 12.5 Å². The number of ether oxygens (including phenoxy) is 2. The van der Waals surface area contributed by atoms with Gasteiger partial charge in [0.2, 0.25) is 0 Å². The van der Waals surface area contributed by atoms with Crippen LogP contribution in [-0.2, 0) is 14.3 Å². The van der Waals surface area contributed by atoms with E-state index in [1.54, 1.807) is 26.0 Å². The van der Waals surface area contributed by atoms with Crippen LogP contribution >= 0.6 is 15.9 Å². The molecule has 0 fully saturated rings. The number of carbonyl (C=O) groups excluding carboxylic acids is 2. The summed E-state index contributed by atoms with van der Waals surface area (Å²) >= 11 is 3.34. The molecule has 0 aliphatic carbocycles. The third-order valence-electron chi connectivity index (χ3n) is 2.99. The van der Waals surface area contributed by atoms with E-state index in [0.29, 0.717) is 12.2 Å². The van der Waals surface area contributed by atoms with Crippen molar-refractivity contribution in [2.45, 2.75) is 39.3 Å². The number of carbonyl (C=O) groups is 2. The van der Waals surface area contributed by atoms with Crippen LogP contribution in [-0.4, -0.2) is 30.6 Å². The molecule has 6 heteroatoms. The molecule has 0 aliphatic heterocycles. The van der Waals surface area contributed by atoms with Gasteiger partial charge in [0, 0.05) is 4.47 Å². The fourth-order valence-electron chi connectivity index (χ4n) is 1.79. The third-order valence-corrected chi connectivity index (χ3v) is 3.52. The molecule has 0 saturated heterocycles. The highest BCUT2D eigenvalue weighted by atomic mass is 79.9. The Balaban J connectivity index is 2.65. The maximum absolute atomic E-state index is 12.2. The van der Waals surface area contributed by atoms with Crippen molar-refractivity contribution in [3.05, 3.63) is 40.9 Å². The van der Waals surface area contributed by atoms with Crippen molar-refractivity contribution < 1.29 is 19.1 Å². The summed E-state index contributed by atoms with van der Waals surface area (Å²) in [7, 11) is 0. The fraction of sp³-hybridized carbons (Fsp3) is 0.412. The first kappa shape index (κ1) is 19.2. The van der Waals surface area contributed by atoms with E-state index in [0.717, 1.165) is 4.47 Å². The zero-order valence-electron chi connectivity index (χ0n) is 13.5. The summed E-state index contributed by atoms with van der Waals surface area (Å²) in [5.41, 5.74) is 0. The van der Waals surface area contributed by atoms with E-state index >= 15 is 0 Å². The molecule has 0 aromatic heterocycles. The highest BCUT2D eigenvalue weighted by molar-refractivity contribution is 9.10. The Morgan fingerprint density at radius 2 is 1.96 bits per heavy atom. The Hall–Kier alpha value is -1.82. The monoisotopic (exact) mass is 383 g/mol. The Morgan fingerprint density at radius 3 is 2.52 bits per heavy atom. The number of rotatable bonds is 8. The van der Waals surface area contributed by atoms with Crippen molar-refractivity contribution in [1.82, 2.24) is 5.32 Å². The summed E-state index contributed by atoms with van der Waals surface area (Å²) in [4.78, 5) is 24.1. The Kier molecular flexibility index (Phi) is 8.40. The quantitative estimate of drug-likeness (QED) is 0.552. The van der Waals surface area contributed by atoms with E-state index < -0.39 is 18.1 Å². The molecule has 2 unspecified atom stereocenters. The molecule has 5 nitrogen and oxygen atoms in total. The normalized spacial score (nSPS) is 13.4. The molecule has 0 aliphatic rings. The lowest BCUT2D eigenvalue weighted by Crippen LogP contribution is -2.46. The van der Waals surface area contributed by atoms with Crippen LogP contribution in [0.25, 0.3) is 0 Å². The molecule has 0 radical (unpaired) electrons. The minimum absolute atomic E-state index is 0.270. The number of amides is 1. The first-order chi connectivity index (χ1) is 11.0. The molecule has 0 saturated carbocycles. The second-order valence-corrected chi connectivity index (χ2v) is 5.75. The summed E-state index contributed by atoms with van der Waals surface area (Å²) in [5, 5.41) is 2.67. The summed E-state index contributed by atoms with van der Waals surface area (Å²) in [5.74, 6) is -0.234. The molecule has 1 aromatic rings. The molecule has 1 amide bonds. The zero-order valence-corrected chi connectivity index (χ0v) is 15.1. The van der Waals surface area contributed by atoms with E-state index in [1.165, 1.54) is 0 Å². The average molecular weight is 384 g/mol. The third kappa shape index (κ3) is 6.86. The largest absolute Gasteiger partial charge is 0.481 e. The standard InChI is InChI=1S/C17H22BrNO4/c1-4-6-7-15(17(21)22-5-2)19-16(20)12(3)23-14-10-8-13(18)9-11-14/h4,6,8-12,15H,5,7H2,1-3H3,(H,19,20)/b6-4+. The van der Waals surface area contributed by atoms with Crippen molar-refractivity contribution in [2.24, 2.45) is 0 Å². The van der Waals surface area contributed by atoms with E-state index in [9.17, 15) is 9.59 Å². The topological polar surface area (TPSA) is 64.6 Å². The SMILES string of the molecule is C/C=C/CC(NC(=O)C(C)Oc1ccc(Br)cc1)C(=O)OCC. The molecule has 1 rings (SSSR count). The maximum Gasteiger partial charge on any atom is 0.328 e. The summed E-state index contributed by atoms with van der Waals surface area (Å²) in [6.07, 6.45) is 3.28. The van der Waals surface area contributed by atoms with Gasteiger partial charge in [0.05, 0.1) is 6.61 Å². The van der Waals surface area contributed by atoms with Gasteiger partial charge in [-0.2, -0.15) is 0 Å². The van der Waals surface area contributed by atoms with Crippen LogP contribution in [0.2, 0.25) is 0 Å². The van der Waals surface area contributed by atoms with Gasteiger partial charge in [0.1, 0.15) is 11.8 Å². The predicted octanol–water partition coefficient (Wildman–Crippen LogP) is 3.23.